The molecular weight excluding hydrogens is 136 g/mol. The molecule has 0 aliphatic heterocycles. The van der Waals surface area contributed by atoms with E-state index in [-0.39, 0.29) is 0 Å². The number of fused-ring (bicyclic) bond motifs is 1. The lowest BCUT2D eigenvalue weighted by Gasteiger charge is -1.83. The fourth-order valence-electron chi connectivity index (χ4n) is 1.13. The maximum absolute atomic E-state index is 7.73. The summed E-state index contributed by atoms with van der Waals surface area (Å²) in [7, 11) is 0. The Kier molecular flexibility index (Phi) is 1.19. The molecule has 56 valence electrons. The molecule has 0 saturated heterocycles. The van der Waals surface area contributed by atoms with Crippen molar-refractivity contribution in [2.24, 2.45) is 0 Å². The summed E-state index contributed by atoms with van der Waals surface area (Å²) in [6.45, 7) is 2.00. The summed E-state index contributed by atoms with van der Waals surface area (Å²) >= 11 is 0. The van der Waals surface area contributed by atoms with Crippen molar-refractivity contribution < 1.29 is 5.79 Å². The molecule has 0 radical (unpaired) electrons. The van der Waals surface area contributed by atoms with Crippen LogP contribution in [0, 0.1) is 0 Å². The lowest BCUT2D eigenvalue weighted by molar-refractivity contribution is 0.557. The molecule has 0 saturated carbocycles. The van der Waals surface area contributed by atoms with E-state index in [9.17, 15) is 0 Å². The van der Waals surface area contributed by atoms with Crippen LogP contribution in [0.15, 0.2) is 34.7 Å². The van der Waals surface area contributed by atoms with Gasteiger partial charge in [-0.25, -0.2) is 0 Å². The standard InChI is InChI=1S/C10H10O/c1-2-9-7-8-5-3-4-6-10(8)11-9/h3-7H,2H2,1H3/i7D. The second-order valence-corrected chi connectivity index (χ2v) is 2.50. The summed E-state index contributed by atoms with van der Waals surface area (Å²) < 4.78 is 13.2. The van der Waals surface area contributed by atoms with Crippen LogP contribution >= 0.6 is 0 Å². The Morgan fingerprint density at radius 1 is 1.45 bits per heavy atom. The first kappa shape index (κ1) is 5.42. The number of aryl methyl sites for hydroxylation is 1. The maximum atomic E-state index is 7.73. The van der Waals surface area contributed by atoms with Gasteiger partial charge in [-0.1, -0.05) is 25.1 Å². The summed E-state index contributed by atoms with van der Waals surface area (Å²) in [5.41, 5.74) is 0.819. The molecule has 0 unspecified atom stereocenters. The molecule has 1 heterocycles. The van der Waals surface area contributed by atoms with Crippen LogP contribution in [0.2, 0.25) is 0 Å². The van der Waals surface area contributed by atoms with Crippen molar-refractivity contribution in [1.29, 1.82) is 0 Å². The lowest BCUT2D eigenvalue weighted by atomic mass is 10.2. The van der Waals surface area contributed by atoms with Gasteiger partial charge in [0.2, 0.25) is 0 Å². The zero-order valence-corrected chi connectivity index (χ0v) is 6.42. The Morgan fingerprint density at radius 3 is 3.00 bits per heavy atom. The van der Waals surface area contributed by atoms with Gasteiger partial charge in [-0.3, -0.25) is 0 Å². The minimum Gasteiger partial charge on any atom is -0.461 e. The van der Waals surface area contributed by atoms with E-state index in [1.54, 1.807) is 0 Å². The van der Waals surface area contributed by atoms with E-state index in [1.807, 2.05) is 31.2 Å². The van der Waals surface area contributed by atoms with Crippen LogP contribution in [0.5, 0.6) is 0 Å². The van der Waals surface area contributed by atoms with E-state index < -0.39 is 0 Å². The van der Waals surface area contributed by atoms with Crippen molar-refractivity contribution >= 4 is 11.0 Å². The van der Waals surface area contributed by atoms with Crippen LogP contribution in [0.3, 0.4) is 0 Å². The van der Waals surface area contributed by atoms with Crippen LogP contribution in [0.25, 0.3) is 11.0 Å². The third-order valence-corrected chi connectivity index (χ3v) is 1.72. The van der Waals surface area contributed by atoms with Crippen molar-refractivity contribution in [1.82, 2.24) is 0 Å². The number of hydrogen-bond acceptors (Lipinski definition) is 1. The third-order valence-electron chi connectivity index (χ3n) is 1.72. The molecule has 1 nitrogen and oxygen atoms in total. The van der Waals surface area contributed by atoms with Gasteiger partial charge in [-0.05, 0) is 12.1 Å². The molecule has 0 aliphatic rings. The minimum absolute atomic E-state index is 0.535. The summed E-state index contributed by atoms with van der Waals surface area (Å²) in [6.07, 6.45) is 0.785. The minimum atomic E-state index is 0.535. The topological polar surface area (TPSA) is 13.1 Å². The fraction of sp³-hybridized carbons (Fsp3) is 0.200. The quantitative estimate of drug-likeness (QED) is 0.604. The Morgan fingerprint density at radius 2 is 2.27 bits per heavy atom. The van der Waals surface area contributed by atoms with Gasteiger partial charge in [0.1, 0.15) is 11.3 Å². The fourth-order valence-corrected chi connectivity index (χ4v) is 1.13. The molecule has 0 fully saturated rings. The maximum Gasteiger partial charge on any atom is 0.134 e. The van der Waals surface area contributed by atoms with E-state index in [0.29, 0.717) is 6.04 Å². The van der Waals surface area contributed by atoms with Crippen LogP contribution in [-0.2, 0) is 6.42 Å². The predicted octanol–water partition coefficient (Wildman–Crippen LogP) is 3.00. The largest absolute Gasteiger partial charge is 0.461 e. The van der Waals surface area contributed by atoms with E-state index in [4.69, 9.17) is 5.79 Å². The molecule has 2 rings (SSSR count). The van der Waals surface area contributed by atoms with Gasteiger partial charge in [0, 0.05) is 11.8 Å². The molecule has 0 N–H and O–H groups in total. The highest BCUT2D eigenvalue weighted by molar-refractivity contribution is 5.77. The van der Waals surface area contributed by atoms with Crippen molar-refractivity contribution in [3.63, 3.8) is 0 Å². The Labute approximate surface area is 67.0 Å². The highest BCUT2D eigenvalue weighted by atomic mass is 16.3. The Bertz CT molecular complexity index is 403. The summed E-state index contributed by atoms with van der Waals surface area (Å²) in [5.74, 6) is 0.774. The number of benzene rings is 1. The third kappa shape index (κ3) is 1.03. The molecular formula is C10H10O. The molecule has 1 aromatic carbocycles. The van der Waals surface area contributed by atoms with Crippen LogP contribution < -0.4 is 0 Å². The van der Waals surface area contributed by atoms with Crippen molar-refractivity contribution in [3.05, 3.63) is 36.1 Å². The zero-order chi connectivity index (χ0) is 8.55. The second-order valence-electron chi connectivity index (χ2n) is 2.50. The van der Waals surface area contributed by atoms with Crippen LogP contribution in [0.4, 0.5) is 0 Å². The van der Waals surface area contributed by atoms with E-state index >= 15 is 0 Å². The number of para-hydroxylation sites is 1. The molecule has 0 atom stereocenters. The summed E-state index contributed by atoms with van der Waals surface area (Å²) in [6, 6.07) is 8.19. The number of rotatable bonds is 1. The van der Waals surface area contributed by atoms with Crippen LogP contribution in [0.1, 0.15) is 14.1 Å². The predicted molar refractivity (Wildman–Crippen MR) is 45.6 cm³/mol. The van der Waals surface area contributed by atoms with Gasteiger partial charge in [-0.15, -0.1) is 0 Å². The first-order valence-corrected chi connectivity index (χ1v) is 3.80. The molecule has 0 bridgehead atoms. The molecule has 0 aliphatic carbocycles. The SMILES string of the molecule is [2H]c1c(CC)oc2ccccc12. The highest BCUT2D eigenvalue weighted by Gasteiger charge is 1.98. The van der Waals surface area contributed by atoms with Gasteiger partial charge in [-0.2, -0.15) is 0 Å². The molecule has 2 aromatic rings. The van der Waals surface area contributed by atoms with E-state index in [2.05, 4.69) is 0 Å². The van der Waals surface area contributed by atoms with Crippen molar-refractivity contribution in [2.75, 3.05) is 0 Å². The van der Waals surface area contributed by atoms with Gasteiger partial charge in [0.15, 0.2) is 0 Å². The van der Waals surface area contributed by atoms with Crippen LogP contribution in [-0.4, -0.2) is 0 Å². The average Bonchev–Trinajstić information content (AvgIpc) is 2.44. The van der Waals surface area contributed by atoms with E-state index in [0.717, 1.165) is 23.2 Å². The highest BCUT2D eigenvalue weighted by Crippen LogP contribution is 2.18. The second kappa shape index (κ2) is 2.42. The molecule has 0 amide bonds. The molecule has 11 heavy (non-hydrogen) atoms. The van der Waals surface area contributed by atoms with E-state index in [1.165, 1.54) is 0 Å². The smallest absolute Gasteiger partial charge is 0.134 e. The summed E-state index contributed by atoms with van der Waals surface area (Å²) in [5, 5.41) is 0.911. The monoisotopic (exact) mass is 147 g/mol. The molecule has 0 spiro atoms. The number of hydrogen-bond donors (Lipinski definition) is 0. The number of furan rings is 1. The van der Waals surface area contributed by atoms with Crippen molar-refractivity contribution in [2.45, 2.75) is 13.3 Å². The van der Waals surface area contributed by atoms with Gasteiger partial charge >= 0.3 is 0 Å². The van der Waals surface area contributed by atoms with Gasteiger partial charge in [0.25, 0.3) is 0 Å². The molecule has 1 heteroatoms. The van der Waals surface area contributed by atoms with Crippen molar-refractivity contribution in [3.8, 4) is 0 Å². The summed E-state index contributed by atoms with van der Waals surface area (Å²) in [4.78, 5) is 0. The Hall–Kier alpha value is -1.24. The first-order chi connectivity index (χ1) is 5.83. The normalized spacial score (nSPS) is 11.9. The first-order valence-electron chi connectivity index (χ1n) is 4.30. The Balaban J connectivity index is 2.78. The average molecular weight is 147 g/mol. The zero-order valence-electron chi connectivity index (χ0n) is 7.42. The van der Waals surface area contributed by atoms with Gasteiger partial charge in [0.05, 0.1) is 1.37 Å². The molecule has 1 aromatic heterocycles. The lowest BCUT2D eigenvalue weighted by Crippen LogP contribution is -1.67. The van der Waals surface area contributed by atoms with Gasteiger partial charge < -0.3 is 4.42 Å².